The van der Waals surface area contributed by atoms with Crippen molar-refractivity contribution in [3.8, 4) is 0 Å². The summed E-state index contributed by atoms with van der Waals surface area (Å²) in [4.78, 5) is 2.63. The van der Waals surface area contributed by atoms with Crippen molar-refractivity contribution in [1.82, 2.24) is 4.90 Å². The summed E-state index contributed by atoms with van der Waals surface area (Å²) < 4.78 is 0. The summed E-state index contributed by atoms with van der Waals surface area (Å²) in [6, 6.07) is 0.406. The van der Waals surface area contributed by atoms with Crippen LogP contribution in [0.5, 0.6) is 0 Å². The fourth-order valence-corrected chi connectivity index (χ4v) is 3.37. The summed E-state index contributed by atoms with van der Waals surface area (Å²) in [6.07, 6.45) is 8.42. The summed E-state index contributed by atoms with van der Waals surface area (Å²) in [5.41, 5.74) is 6.41. The van der Waals surface area contributed by atoms with E-state index in [1.54, 1.807) is 0 Å². The molecule has 0 aromatic carbocycles. The molecule has 1 unspecified atom stereocenters. The molecule has 2 nitrogen and oxygen atoms in total. The maximum atomic E-state index is 6.06. The number of likely N-dealkylation sites (tertiary alicyclic amines) is 1. The largest absolute Gasteiger partial charge is 0.326 e. The Balaban J connectivity index is 1.87. The van der Waals surface area contributed by atoms with Gasteiger partial charge in [-0.2, -0.15) is 0 Å². The first-order valence-corrected chi connectivity index (χ1v) is 6.58. The lowest BCUT2D eigenvalue weighted by molar-refractivity contribution is 0.132. The van der Waals surface area contributed by atoms with E-state index >= 15 is 0 Å². The van der Waals surface area contributed by atoms with Crippen LogP contribution < -0.4 is 5.73 Å². The Bertz CT molecular complexity index is 207. The molecule has 88 valence electrons. The first-order chi connectivity index (χ1) is 7.08. The normalized spacial score (nSPS) is 33.4. The molecule has 1 saturated carbocycles. The zero-order valence-corrected chi connectivity index (χ0v) is 10.3. The fourth-order valence-electron chi connectivity index (χ4n) is 3.37. The minimum atomic E-state index is 0.344. The molecule has 2 fully saturated rings. The first-order valence-electron chi connectivity index (χ1n) is 6.58. The Kier molecular flexibility index (Phi) is 3.36. The van der Waals surface area contributed by atoms with Gasteiger partial charge in [0.15, 0.2) is 0 Å². The lowest BCUT2D eigenvalue weighted by Gasteiger charge is -2.35. The van der Waals surface area contributed by atoms with E-state index in [2.05, 4.69) is 18.7 Å². The molecule has 0 spiro atoms. The Hall–Kier alpha value is -0.0800. The molecule has 2 aliphatic rings. The van der Waals surface area contributed by atoms with Gasteiger partial charge in [0.05, 0.1) is 0 Å². The van der Waals surface area contributed by atoms with Crippen molar-refractivity contribution in [2.45, 2.75) is 64.0 Å². The Morgan fingerprint density at radius 2 is 1.87 bits per heavy atom. The molecule has 15 heavy (non-hydrogen) atoms. The standard InChI is InChI=1S/C13H26N2/c1-13(2)8-12(14)10-15(13)9-11-6-4-3-5-7-11/h11-12H,3-10,14H2,1-2H3. The van der Waals surface area contributed by atoms with E-state index in [1.807, 2.05) is 0 Å². The van der Waals surface area contributed by atoms with Gasteiger partial charge < -0.3 is 5.73 Å². The van der Waals surface area contributed by atoms with Gasteiger partial charge in [0.2, 0.25) is 0 Å². The van der Waals surface area contributed by atoms with E-state index in [9.17, 15) is 0 Å². The van der Waals surface area contributed by atoms with Crippen molar-refractivity contribution >= 4 is 0 Å². The van der Waals surface area contributed by atoms with Gasteiger partial charge in [-0.3, -0.25) is 4.90 Å². The van der Waals surface area contributed by atoms with E-state index < -0.39 is 0 Å². The van der Waals surface area contributed by atoms with E-state index in [1.165, 1.54) is 45.1 Å². The van der Waals surface area contributed by atoms with E-state index in [0.717, 1.165) is 12.5 Å². The van der Waals surface area contributed by atoms with Gasteiger partial charge in [0.25, 0.3) is 0 Å². The molecular weight excluding hydrogens is 184 g/mol. The molecule has 1 atom stereocenters. The molecule has 0 amide bonds. The zero-order valence-electron chi connectivity index (χ0n) is 10.3. The van der Waals surface area contributed by atoms with Crippen LogP contribution in [0.25, 0.3) is 0 Å². The number of hydrogen-bond donors (Lipinski definition) is 1. The van der Waals surface area contributed by atoms with Crippen molar-refractivity contribution in [1.29, 1.82) is 0 Å². The van der Waals surface area contributed by atoms with Crippen molar-refractivity contribution < 1.29 is 0 Å². The van der Waals surface area contributed by atoms with Crippen LogP contribution in [0.3, 0.4) is 0 Å². The molecule has 0 radical (unpaired) electrons. The summed E-state index contributed by atoms with van der Waals surface area (Å²) in [7, 11) is 0. The highest BCUT2D eigenvalue weighted by Crippen LogP contribution is 2.32. The Labute approximate surface area is 94.2 Å². The Morgan fingerprint density at radius 1 is 1.20 bits per heavy atom. The smallest absolute Gasteiger partial charge is 0.0185 e. The van der Waals surface area contributed by atoms with Gasteiger partial charge in [-0.15, -0.1) is 0 Å². The SMILES string of the molecule is CC1(C)CC(N)CN1CC1CCCCC1. The average Bonchev–Trinajstić information content (AvgIpc) is 2.41. The second-order valence-electron chi connectivity index (χ2n) is 6.19. The molecule has 1 aliphatic carbocycles. The lowest BCUT2D eigenvalue weighted by Crippen LogP contribution is -2.41. The second-order valence-corrected chi connectivity index (χ2v) is 6.19. The summed E-state index contributed by atoms with van der Waals surface area (Å²) in [6.45, 7) is 7.11. The van der Waals surface area contributed by atoms with Gasteiger partial charge in [-0.05, 0) is 39.0 Å². The number of hydrogen-bond acceptors (Lipinski definition) is 2. The predicted molar refractivity (Wildman–Crippen MR) is 64.8 cm³/mol. The summed E-state index contributed by atoms with van der Waals surface area (Å²) in [5.74, 6) is 0.948. The van der Waals surface area contributed by atoms with Crippen molar-refractivity contribution in [2.75, 3.05) is 13.1 Å². The van der Waals surface area contributed by atoms with Gasteiger partial charge in [-0.1, -0.05) is 19.3 Å². The monoisotopic (exact) mass is 210 g/mol. The van der Waals surface area contributed by atoms with Crippen LogP contribution in [-0.4, -0.2) is 29.6 Å². The van der Waals surface area contributed by atoms with Crippen LogP contribution in [0.15, 0.2) is 0 Å². The van der Waals surface area contributed by atoms with Crippen LogP contribution in [0.1, 0.15) is 52.4 Å². The van der Waals surface area contributed by atoms with E-state index in [0.29, 0.717) is 11.6 Å². The minimum absolute atomic E-state index is 0.344. The van der Waals surface area contributed by atoms with Crippen molar-refractivity contribution in [3.05, 3.63) is 0 Å². The maximum Gasteiger partial charge on any atom is 0.0185 e. The molecule has 1 saturated heterocycles. The van der Waals surface area contributed by atoms with E-state index in [4.69, 9.17) is 5.73 Å². The summed E-state index contributed by atoms with van der Waals surface area (Å²) >= 11 is 0. The molecular formula is C13H26N2. The lowest BCUT2D eigenvalue weighted by atomic mass is 9.88. The van der Waals surface area contributed by atoms with Crippen LogP contribution in [-0.2, 0) is 0 Å². The molecule has 2 heteroatoms. The molecule has 1 heterocycles. The maximum absolute atomic E-state index is 6.06. The van der Waals surface area contributed by atoms with Gasteiger partial charge in [-0.25, -0.2) is 0 Å². The number of nitrogens with zero attached hydrogens (tertiary/aromatic N) is 1. The third kappa shape index (κ3) is 2.73. The van der Waals surface area contributed by atoms with Crippen LogP contribution in [0.2, 0.25) is 0 Å². The van der Waals surface area contributed by atoms with Gasteiger partial charge in [0.1, 0.15) is 0 Å². The van der Waals surface area contributed by atoms with Gasteiger partial charge >= 0.3 is 0 Å². The van der Waals surface area contributed by atoms with Crippen LogP contribution >= 0.6 is 0 Å². The molecule has 2 rings (SSSR count). The third-order valence-corrected chi connectivity index (χ3v) is 4.28. The minimum Gasteiger partial charge on any atom is -0.326 e. The quantitative estimate of drug-likeness (QED) is 0.758. The van der Waals surface area contributed by atoms with Crippen molar-refractivity contribution in [2.24, 2.45) is 11.7 Å². The molecule has 0 aromatic heterocycles. The second kappa shape index (κ2) is 4.42. The highest BCUT2D eigenvalue weighted by atomic mass is 15.2. The highest BCUT2D eigenvalue weighted by molar-refractivity contribution is 4.95. The highest BCUT2D eigenvalue weighted by Gasteiger charge is 2.37. The molecule has 0 aromatic rings. The zero-order chi connectivity index (χ0) is 10.9. The number of nitrogens with two attached hydrogens (primary N) is 1. The van der Waals surface area contributed by atoms with Crippen LogP contribution in [0, 0.1) is 5.92 Å². The van der Waals surface area contributed by atoms with Gasteiger partial charge in [0, 0.05) is 24.7 Å². The number of rotatable bonds is 2. The topological polar surface area (TPSA) is 29.3 Å². The summed E-state index contributed by atoms with van der Waals surface area (Å²) in [5, 5.41) is 0. The first kappa shape index (κ1) is 11.4. The fraction of sp³-hybridized carbons (Fsp3) is 1.00. The van der Waals surface area contributed by atoms with Crippen LogP contribution in [0.4, 0.5) is 0 Å². The van der Waals surface area contributed by atoms with E-state index in [-0.39, 0.29) is 0 Å². The Morgan fingerprint density at radius 3 is 2.40 bits per heavy atom. The molecule has 2 N–H and O–H groups in total. The molecule has 0 bridgehead atoms. The average molecular weight is 210 g/mol. The predicted octanol–water partition coefficient (Wildman–Crippen LogP) is 2.38. The third-order valence-electron chi connectivity index (χ3n) is 4.28. The molecule has 1 aliphatic heterocycles. The van der Waals surface area contributed by atoms with Crippen molar-refractivity contribution in [3.63, 3.8) is 0 Å².